The summed E-state index contributed by atoms with van der Waals surface area (Å²) in [4.78, 5) is 8.31. The molecule has 4 heteroatoms. The molecule has 0 aliphatic rings. The van der Waals surface area contributed by atoms with Crippen molar-refractivity contribution in [1.29, 1.82) is 0 Å². The number of aromatic nitrogens is 3. The summed E-state index contributed by atoms with van der Waals surface area (Å²) in [6.45, 7) is 1.96. The van der Waals surface area contributed by atoms with Crippen LogP contribution in [0.5, 0.6) is 0 Å². The standard InChI is InChI=1S/C8H10N4/c1-6-5-12-7(9-2)3-11-8(12)4-10-6/h3-5,9H,1-2H3. The number of hydrogen-bond acceptors (Lipinski definition) is 3. The molecule has 0 saturated heterocycles. The first-order valence-electron chi connectivity index (χ1n) is 3.79. The topological polar surface area (TPSA) is 42.2 Å². The second-order valence-corrected chi connectivity index (χ2v) is 2.65. The van der Waals surface area contributed by atoms with Gasteiger partial charge in [0.2, 0.25) is 0 Å². The Balaban J connectivity index is 2.75. The van der Waals surface area contributed by atoms with Crippen LogP contribution in [0.15, 0.2) is 18.6 Å². The molecule has 2 aromatic heterocycles. The monoisotopic (exact) mass is 162 g/mol. The molecule has 1 N–H and O–H groups in total. The zero-order valence-corrected chi connectivity index (χ0v) is 7.07. The lowest BCUT2D eigenvalue weighted by Crippen LogP contribution is -1.95. The summed E-state index contributed by atoms with van der Waals surface area (Å²) in [5, 5.41) is 3.05. The van der Waals surface area contributed by atoms with Crippen LogP contribution in [-0.4, -0.2) is 21.4 Å². The lowest BCUT2D eigenvalue weighted by Gasteiger charge is -1.99. The highest BCUT2D eigenvalue weighted by molar-refractivity contribution is 5.48. The van der Waals surface area contributed by atoms with Crippen LogP contribution in [0, 0.1) is 6.92 Å². The minimum Gasteiger partial charge on any atom is -0.373 e. The van der Waals surface area contributed by atoms with Crippen molar-refractivity contribution in [2.24, 2.45) is 0 Å². The molecule has 0 saturated carbocycles. The third kappa shape index (κ3) is 0.922. The molecule has 0 aliphatic heterocycles. The molecule has 2 rings (SSSR count). The molecule has 0 aromatic carbocycles. The first kappa shape index (κ1) is 7.09. The number of nitrogens with zero attached hydrogens (tertiary/aromatic N) is 3. The second kappa shape index (κ2) is 2.48. The van der Waals surface area contributed by atoms with Crippen molar-refractivity contribution in [3.8, 4) is 0 Å². The molecule has 0 fully saturated rings. The van der Waals surface area contributed by atoms with Gasteiger partial charge in [-0.1, -0.05) is 0 Å². The third-order valence-corrected chi connectivity index (χ3v) is 1.78. The van der Waals surface area contributed by atoms with Crippen LogP contribution in [0.2, 0.25) is 0 Å². The summed E-state index contributed by atoms with van der Waals surface area (Å²) in [6, 6.07) is 0. The Kier molecular flexibility index (Phi) is 1.46. The first-order chi connectivity index (χ1) is 5.81. The van der Waals surface area contributed by atoms with E-state index in [-0.39, 0.29) is 0 Å². The van der Waals surface area contributed by atoms with E-state index < -0.39 is 0 Å². The van der Waals surface area contributed by atoms with Gasteiger partial charge in [-0.05, 0) is 6.92 Å². The molecule has 0 atom stereocenters. The largest absolute Gasteiger partial charge is 0.373 e. The van der Waals surface area contributed by atoms with E-state index in [1.807, 2.05) is 24.6 Å². The summed E-state index contributed by atoms with van der Waals surface area (Å²) in [7, 11) is 1.87. The fraction of sp³-hybridized carbons (Fsp3) is 0.250. The summed E-state index contributed by atoms with van der Waals surface area (Å²) in [5.41, 5.74) is 1.85. The van der Waals surface area contributed by atoms with Crippen molar-refractivity contribution in [3.63, 3.8) is 0 Å². The van der Waals surface area contributed by atoms with Gasteiger partial charge in [0.05, 0.1) is 18.1 Å². The van der Waals surface area contributed by atoms with E-state index in [1.165, 1.54) is 0 Å². The van der Waals surface area contributed by atoms with Crippen molar-refractivity contribution < 1.29 is 0 Å². The van der Waals surface area contributed by atoms with Crippen molar-refractivity contribution in [1.82, 2.24) is 14.4 Å². The van der Waals surface area contributed by atoms with Crippen LogP contribution in [0.3, 0.4) is 0 Å². The summed E-state index contributed by atoms with van der Waals surface area (Å²) in [5.74, 6) is 0.982. The SMILES string of the molecule is CNc1cnc2cnc(C)cn12. The number of fused-ring (bicyclic) bond motifs is 1. The average Bonchev–Trinajstić information content (AvgIpc) is 2.46. The highest BCUT2D eigenvalue weighted by Gasteiger charge is 1.99. The number of imidazole rings is 1. The normalized spacial score (nSPS) is 10.5. The van der Waals surface area contributed by atoms with Crippen LogP contribution in [0.25, 0.3) is 5.65 Å². The van der Waals surface area contributed by atoms with Gasteiger partial charge >= 0.3 is 0 Å². The average molecular weight is 162 g/mol. The third-order valence-electron chi connectivity index (χ3n) is 1.78. The zero-order valence-electron chi connectivity index (χ0n) is 7.07. The number of rotatable bonds is 1. The van der Waals surface area contributed by atoms with E-state index in [0.717, 1.165) is 17.2 Å². The van der Waals surface area contributed by atoms with E-state index in [1.54, 1.807) is 12.4 Å². The van der Waals surface area contributed by atoms with Crippen molar-refractivity contribution in [2.45, 2.75) is 6.92 Å². The first-order valence-corrected chi connectivity index (χ1v) is 3.79. The van der Waals surface area contributed by atoms with Crippen LogP contribution in [-0.2, 0) is 0 Å². The highest BCUT2D eigenvalue weighted by atomic mass is 15.1. The van der Waals surface area contributed by atoms with Gasteiger partial charge in [-0.25, -0.2) is 4.98 Å². The summed E-state index contributed by atoms with van der Waals surface area (Å²) in [6.07, 6.45) is 5.50. The quantitative estimate of drug-likeness (QED) is 0.682. The minimum atomic E-state index is 0.866. The Hall–Kier alpha value is -1.58. The predicted molar refractivity (Wildman–Crippen MR) is 47.3 cm³/mol. The number of hydrogen-bond donors (Lipinski definition) is 1. The Labute approximate surface area is 70.3 Å². The second-order valence-electron chi connectivity index (χ2n) is 2.65. The van der Waals surface area contributed by atoms with E-state index >= 15 is 0 Å². The molecule has 0 unspecified atom stereocenters. The molecule has 2 heterocycles. The van der Waals surface area contributed by atoms with Gasteiger partial charge in [0.15, 0.2) is 5.65 Å². The zero-order chi connectivity index (χ0) is 8.55. The smallest absolute Gasteiger partial charge is 0.156 e. The van der Waals surface area contributed by atoms with Gasteiger partial charge < -0.3 is 5.32 Å². The molecule has 0 aliphatic carbocycles. The number of nitrogens with one attached hydrogen (secondary N) is 1. The van der Waals surface area contributed by atoms with E-state index in [9.17, 15) is 0 Å². The maximum Gasteiger partial charge on any atom is 0.156 e. The molecule has 62 valence electrons. The Morgan fingerprint density at radius 1 is 1.33 bits per heavy atom. The molecular weight excluding hydrogens is 152 g/mol. The summed E-state index contributed by atoms with van der Waals surface area (Å²) < 4.78 is 1.97. The molecule has 0 spiro atoms. The van der Waals surface area contributed by atoms with Crippen molar-refractivity contribution in [3.05, 3.63) is 24.3 Å². The molecule has 2 aromatic rings. The maximum atomic E-state index is 4.17. The van der Waals surface area contributed by atoms with Gasteiger partial charge in [0.1, 0.15) is 5.82 Å². The van der Waals surface area contributed by atoms with Crippen molar-refractivity contribution >= 4 is 11.5 Å². The Morgan fingerprint density at radius 2 is 2.17 bits per heavy atom. The Morgan fingerprint density at radius 3 is 2.92 bits per heavy atom. The molecule has 0 amide bonds. The number of anilines is 1. The fourth-order valence-corrected chi connectivity index (χ4v) is 1.17. The van der Waals surface area contributed by atoms with E-state index in [4.69, 9.17) is 0 Å². The highest BCUT2D eigenvalue weighted by Crippen LogP contribution is 2.09. The minimum absolute atomic E-state index is 0.866. The molecule has 0 bridgehead atoms. The van der Waals surface area contributed by atoms with E-state index in [0.29, 0.717) is 0 Å². The maximum absolute atomic E-state index is 4.17. The van der Waals surface area contributed by atoms with Crippen molar-refractivity contribution in [2.75, 3.05) is 12.4 Å². The number of aryl methyl sites for hydroxylation is 1. The lowest BCUT2D eigenvalue weighted by atomic mass is 10.5. The summed E-state index contributed by atoms with van der Waals surface area (Å²) >= 11 is 0. The van der Waals surface area contributed by atoms with Crippen LogP contribution < -0.4 is 5.32 Å². The van der Waals surface area contributed by atoms with Gasteiger partial charge in [-0.2, -0.15) is 0 Å². The molecule has 4 nitrogen and oxygen atoms in total. The molecule has 12 heavy (non-hydrogen) atoms. The Bertz CT molecular complexity index is 404. The predicted octanol–water partition coefficient (Wildman–Crippen LogP) is 1.08. The molecule has 0 radical (unpaired) electrons. The fourth-order valence-electron chi connectivity index (χ4n) is 1.17. The van der Waals surface area contributed by atoms with Gasteiger partial charge in [0, 0.05) is 13.2 Å². The van der Waals surface area contributed by atoms with Crippen LogP contribution in [0.1, 0.15) is 5.69 Å². The van der Waals surface area contributed by atoms with Gasteiger partial charge in [-0.15, -0.1) is 0 Å². The lowest BCUT2D eigenvalue weighted by molar-refractivity contribution is 1.07. The van der Waals surface area contributed by atoms with Crippen LogP contribution >= 0.6 is 0 Å². The van der Waals surface area contributed by atoms with Gasteiger partial charge in [-0.3, -0.25) is 9.38 Å². The van der Waals surface area contributed by atoms with E-state index in [2.05, 4.69) is 15.3 Å². The van der Waals surface area contributed by atoms with Gasteiger partial charge in [0.25, 0.3) is 0 Å². The van der Waals surface area contributed by atoms with Crippen LogP contribution in [0.4, 0.5) is 5.82 Å². The molecular formula is C8H10N4.